The molecule has 1 aliphatic carbocycles. The van der Waals surface area contributed by atoms with Crippen molar-refractivity contribution < 1.29 is 4.79 Å². The highest BCUT2D eigenvalue weighted by Crippen LogP contribution is 2.35. The predicted molar refractivity (Wildman–Crippen MR) is 65.5 cm³/mol. The van der Waals surface area contributed by atoms with Crippen LogP contribution >= 0.6 is 12.6 Å². The number of aromatic nitrogens is 2. The molecule has 0 radical (unpaired) electrons. The van der Waals surface area contributed by atoms with Crippen molar-refractivity contribution in [3.05, 3.63) is 17.5 Å². The van der Waals surface area contributed by atoms with E-state index < -0.39 is 0 Å². The van der Waals surface area contributed by atoms with Crippen molar-refractivity contribution in [1.29, 1.82) is 0 Å². The quantitative estimate of drug-likeness (QED) is 0.684. The Bertz CT molecular complexity index is 360. The van der Waals surface area contributed by atoms with Gasteiger partial charge in [-0.05, 0) is 24.7 Å². The molecule has 0 atom stereocenters. The van der Waals surface area contributed by atoms with Crippen LogP contribution in [0.2, 0.25) is 0 Å². The Labute approximate surface area is 101 Å². The molecule has 0 aliphatic heterocycles. The molecule has 1 saturated carbocycles. The molecule has 1 aromatic rings. The average Bonchev–Trinajstić information content (AvgIpc) is 2.61. The summed E-state index contributed by atoms with van der Waals surface area (Å²) in [5, 5.41) is 10.1. The molecule has 88 valence electrons. The van der Waals surface area contributed by atoms with E-state index in [1.54, 1.807) is 0 Å². The summed E-state index contributed by atoms with van der Waals surface area (Å²) in [7, 11) is 0. The second-order valence-electron chi connectivity index (χ2n) is 4.20. The van der Waals surface area contributed by atoms with Crippen molar-refractivity contribution in [1.82, 2.24) is 15.5 Å². The van der Waals surface area contributed by atoms with Crippen molar-refractivity contribution >= 4 is 18.5 Å². The summed E-state index contributed by atoms with van der Waals surface area (Å²) >= 11 is 4.01. The molecule has 0 unspecified atom stereocenters. The van der Waals surface area contributed by atoms with Gasteiger partial charge < -0.3 is 5.32 Å². The largest absolute Gasteiger partial charge is 0.350 e. The van der Waals surface area contributed by atoms with Crippen LogP contribution in [0.1, 0.15) is 43.0 Å². The molecule has 1 heterocycles. The van der Waals surface area contributed by atoms with Gasteiger partial charge in [0.2, 0.25) is 5.91 Å². The Hall–Kier alpha value is -0.970. The third kappa shape index (κ3) is 2.78. The first-order valence-electron chi connectivity index (χ1n) is 5.71. The van der Waals surface area contributed by atoms with E-state index >= 15 is 0 Å². The van der Waals surface area contributed by atoms with Crippen molar-refractivity contribution in [2.24, 2.45) is 0 Å². The Balaban J connectivity index is 1.80. The van der Waals surface area contributed by atoms with Gasteiger partial charge in [-0.2, -0.15) is 17.7 Å². The maximum Gasteiger partial charge on any atom is 0.221 e. The smallest absolute Gasteiger partial charge is 0.221 e. The number of nitrogens with one attached hydrogen (secondary N) is 2. The molecule has 4 nitrogen and oxygen atoms in total. The summed E-state index contributed by atoms with van der Waals surface area (Å²) in [6, 6.07) is 2.06. The zero-order valence-corrected chi connectivity index (χ0v) is 10.1. The van der Waals surface area contributed by atoms with Gasteiger partial charge in [0, 0.05) is 12.3 Å². The molecule has 1 fully saturated rings. The maximum absolute atomic E-state index is 11.2. The summed E-state index contributed by atoms with van der Waals surface area (Å²) in [4.78, 5) is 11.2. The topological polar surface area (TPSA) is 57.8 Å². The number of carbonyl (C=O) groups is 1. The lowest BCUT2D eigenvalue weighted by molar-refractivity contribution is -0.120. The van der Waals surface area contributed by atoms with Gasteiger partial charge in [-0.3, -0.25) is 9.89 Å². The molecule has 1 aromatic heterocycles. The van der Waals surface area contributed by atoms with Gasteiger partial charge in [0.05, 0.1) is 17.9 Å². The van der Waals surface area contributed by atoms with E-state index in [-0.39, 0.29) is 5.91 Å². The Morgan fingerprint density at radius 1 is 1.62 bits per heavy atom. The average molecular weight is 239 g/mol. The lowest BCUT2D eigenvalue weighted by Gasteiger charge is -2.22. The minimum absolute atomic E-state index is 0.0368. The number of H-pyrrole nitrogens is 1. The fourth-order valence-electron chi connectivity index (χ4n) is 1.77. The molecule has 0 saturated heterocycles. The fraction of sp³-hybridized carbons (Fsp3) is 0.636. The number of thiol groups is 1. The number of nitrogens with zero attached hydrogens (tertiary/aromatic N) is 1. The van der Waals surface area contributed by atoms with Gasteiger partial charge >= 0.3 is 0 Å². The fourth-order valence-corrected chi connectivity index (χ4v) is 1.97. The first-order chi connectivity index (χ1) is 7.79. The molecule has 0 bridgehead atoms. The zero-order valence-electron chi connectivity index (χ0n) is 9.20. The summed E-state index contributed by atoms with van der Waals surface area (Å²) in [5.74, 6) is 1.26. The van der Waals surface area contributed by atoms with Crippen LogP contribution in [0.4, 0.5) is 0 Å². The van der Waals surface area contributed by atoms with Gasteiger partial charge in [-0.25, -0.2) is 0 Å². The minimum atomic E-state index is 0.0368. The standard InChI is InChI=1S/C11H17N3OS/c15-11(4-5-16)12-7-9-6-10(14-13-9)8-2-1-3-8/h6,8,16H,1-5,7H2,(H,12,15)(H,13,14). The molecule has 0 aromatic carbocycles. The van der Waals surface area contributed by atoms with E-state index in [0.717, 1.165) is 11.4 Å². The number of hydrogen-bond acceptors (Lipinski definition) is 3. The number of amides is 1. The Morgan fingerprint density at radius 3 is 3.06 bits per heavy atom. The Kier molecular flexibility index (Phi) is 3.88. The lowest BCUT2D eigenvalue weighted by Crippen LogP contribution is -2.22. The highest BCUT2D eigenvalue weighted by molar-refractivity contribution is 7.80. The van der Waals surface area contributed by atoms with Gasteiger partial charge in [0.25, 0.3) is 0 Å². The van der Waals surface area contributed by atoms with Crippen LogP contribution in [0.5, 0.6) is 0 Å². The molecular weight excluding hydrogens is 222 g/mol. The molecule has 0 spiro atoms. The molecule has 5 heteroatoms. The van der Waals surface area contributed by atoms with Gasteiger partial charge in [-0.1, -0.05) is 6.42 Å². The van der Waals surface area contributed by atoms with Crippen LogP contribution < -0.4 is 5.32 Å². The highest BCUT2D eigenvalue weighted by Gasteiger charge is 2.21. The van der Waals surface area contributed by atoms with Gasteiger partial charge in [-0.15, -0.1) is 0 Å². The maximum atomic E-state index is 11.2. The van der Waals surface area contributed by atoms with Crippen molar-refractivity contribution in [2.45, 2.75) is 38.1 Å². The summed E-state index contributed by atoms with van der Waals surface area (Å²) in [5.41, 5.74) is 2.12. The van der Waals surface area contributed by atoms with E-state index in [1.807, 2.05) is 0 Å². The first kappa shape index (κ1) is 11.5. The van der Waals surface area contributed by atoms with Crippen molar-refractivity contribution in [2.75, 3.05) is 5.75 Å². The molecule has 1 amide bonds. The van der Waals surface area contributed by atoms with E-state index in [4.69, 9.17) is 0 Å². The van der Waals surface area contributed by atoms with Crippen LogP contribution in [-0.2, 0) is 11.3 Å². The minimum Gasteiger partial charge on any atom is -0.350 e. The van der Waals surface area contributed by atoms with E-state index in [1.165, 1.54) is 19.3 Å². The molecule has 2 rings (SSSR count). The van der Waals surface area contributed by atoms with Crippen LogP contribution in [0.25, 0.3) is 0 Å². The van der Waals surface area contributed by atoms with E-state index in [9.17, 15) is 4.79 Å². The van der Waals surface area contributed by atoms with Crippen molar-refractivity contribution in [3.63, 3.8) is 0 Å². The van der Waals surface area contributed by atoms with E-state index in [2.05, 4.69) is 34.2 Å². The number of hydrogen-bond donors (Lipinski definition) is 3. The SMILES string of the molecule is O=C(CCS)NCc1cc(C2CCC2)n[nH]1. The predicted octanol–water partition coefficient (Wildman–Crippen LogP) is 1.61. The number of carbonyl (C=O) groups excluding carboxylic acids is 1. The second kappa shape index (κ2) is 5.39. The summed E-state index contributed by atoms with van der Waals surface area (Å²) < 4.78 is 0. The molecule has 1 aliphatic rings. The molecular formula is C11H17N3OS. The monoisotopic (exact) mass is 239 g/mol. The third-order valence-electron chi connectivity index (χ3n) is 2.99. The van der Waals surface area contributed by atoms with E-state index in [0.29, 0.717) is 24.6 Å². The first-order valence-corrected chi connectivity index (χ1v) is 6.34. The third-order valence-corrected chi connectivity index (χ3v) is 3.21. The summed E-state index contributed by atoms with van der Waals surface area (Å²) in [6.45, 7) is 0.534. The van der Waals surface area contributed by atoms with Crippen LogP contribution in [0.3, 0.4) is 0 Å². The zero-order chi connectivity index (χ0) is 11.4. The van der Waals surface area contributed by atoms with Crippen LogP contribution in [0, 0.1) is 0 Å². The molecule has 2 N–H and O–H groups in total. The normalized spacial score (nSPS) is 15.8. The van der Waals surface area contributed by atoms with Gasteiger partial charge in [0.1, 0.15) is 0 Å². The van der Waals surface area contributed by atoms with Gasteiger partial charge in [0.15, 0.2) is 0 Å². The lowest BCUT2D eigenvalue weighted by atomic mass is 9.83. The van der Waals surface area contributed by atoms with Crippen molar-refractivity contribution in [3.8, 4) is 0 Å². The van der Waals surface area contributed by atoms with Crippen LogP contribution in [0.15, 0.2) is 6.07 Å². The molecule has 16 heavy (non-hydrogen) atoms. The summed E-state index contributed by atoms with van der Waals surface area (Å²) in [6.07, 6.45) is 4.27. The second-order valence-corrected chi connectivity index (χ2v) is 4.64. The Morgan fingerprint density at radius 2 is 2.44 bits per heavy atom. The highest BCUT2D eigenvalue weighted by atomic mass is 32.1. The van der Waals surface area contributed by atoms with Crippen LogP contribution in [-0.4, -0.2) is 21.9 Å². The number of rotatable bonds is 5. The number of aromatic amines is 1.